The molecule has 0 heterocycles. The van der Waals surface area contributed by atoms with Gasteiger partial charge in [-0.25, -0.2) is 0 Å². The van der Waals surface area contributed by atoms with Crippen LogP contribution in [0.4, 0.5) is 0 Å². The zero-order chi connectivity index (χ0) is 18.2. The van der Waals surface area contributed by atoms with E-state index in [1.165, 1.54) is 0 Å². The van der Waals surface area contributed by atoms with E-state index >= 15 is 0 Å². The molecule has 2 nitrogen and oxygen atoms in total. The van der Waals surface area contributed by atoms with Gasteiger partial charge in [0.05, 0.1) is 5.56 Å². The molecule has 3 aromatic carbocycles. The van der Waals surface area contributed by atoms with Crippen LogP contribution in [0.2, 0.25) is 0 Å². The maximum atomic E-state index is 10.9. The van der Waals surface area contributed by atoms with Gasteiger partial charge < -0.3 is 0 Å². The second-order valence-corrected chi connectivity index (χ2v) is 5.45. The van der Waals surface area contributed by atoms with Crippen LogP contribution in [-0.2, 0) is 0 Å². The van der Waals surface area contributed by atoms with E-state index in [1.54, 1.807) is 24.3 Å². The van der Waals surface area contributed by atoms with Crippen LogP contribution < -0.4 is 0 Å². The van der Waals surface area contributed by atoms with Crippen LogP contribution in [0, 0.1) is 35.0 Å². The number of benzene rings is 3. The molecular formula is C24H13NO. The molecule has 0 bridgehead atoms. The largest absolute Gasteiger partial charge is 0.298 e. The Morgan fingerprint density at radius 2 is 1.19 bits per heavy atom. The summed E-state index contributed by atoms with van der Waals surface area (Å²) >= 11 is 0. The summed E-state index contributed by atoms with van der Waals surface area (Å²) in [5.74, 6) is 12.3. The Morgan fingerprint density at radius 1 is 0.654 bits per heavy atom. The molecule has 0 radical (unpaired) electrons. The van der Waals surface area contributed by atoms with E-state index in [4.69, 9.17) is 5.26 Å². The fourth-order valence-electron chi connectivity index (χ4n) is 2.35. The van der Waals surface area contributed by atoms with Gasteiger partial charge in [0, 0.05) is 27.8 Å². The SMILES string of the molecule is N#Cc1ccccc1C#Cc1ccccc1C#Cc1cccc(C=O)c1. The third kappa shape index (κ3) is 4.07. The van der Waals surface area contributed by atoms with Gasteiger partial charge in [-0.15, -0.1) is 0 Å². The van der Waals surface area contributed by atoms with E-state index in [9.17, 15) is 4.79 Å². The van der Waals surface area contributed by atoms with Gasteiger partial charge in [-0.2, -0.15) is 5.26 Å². The number of hydrogen-bond donors (Lipinski definition) is 0. The molecule has 2 heteroatoms. The van der Waals surface area contributed by atoms with E-state index < -0.39 is 0 Å². The minimum Gasteiger partial charge on any atom is -0.298 e. The van der Waals surface area contributed by atoms with Gasteiger partial charge >= 0.3 is 0 Å². The van der Waals surface area contributed by atoms with Crippen molar-refractivity contribution in [3.05, 3.63) is 106 Å². The number of carbonyl (C=O) groups excluding carboxylic acids is 1. The van der Waals surface area contributed by atoms with Gasteiger partial charge in [0.1, 0.15) is 12.4 Å². The van der Waals surface area contributed by atoms with Gasteiger partial charge in [-0.3, -0.25) is 4.79 Å². The van der Waals surface area contributed by atoms with Crippen molar-refractivity contribution in [2.24, 2.45) is 0 Å². The minimum absolute atomic E-state index is 0.550. The summed E-state index contributed by atoms with van der Waals surface area (Å²) in [7, 11) is 0. The first-order chi connectivity index (χ1) is 12.8. The Hall–Kier alpha value is -4.06. The van der Waals surface area contributed by atoms with Crippen molar-refractivity contribution >= 4 is 6.29 Å². The van der Waals surface area contributed by atoms with Crippen molar-refractivity contribution in [2.45, 2.75) is 0 Å². The second kappa shape index (κ2) is 8.16. The van der Waals surface area contributed by atoms with Crippen LogP contribution in [0.15, 0.2) is 72.8 Å². The lowest BCUT2D eigenvalue weighted by molar-refractivity contribution is 0.112. The second-order valence-electron chi connectivity index (χ2n) is 5.45. The summed E-state index contributed by atoms with van der Waals surface area (Å²) in [5, 5.41) is 9.16. The third-order valence-corrected chi connectivity index (χ3v) is 3.67. The Balaban J connectivity index is 1.96. The Kier molecular flexibility index (Phi) is 5.27. The average Bonchev–Trinajstić information content (AvgIpc) is 2.71. The van der Waals surface area contributed by atoms with E-state index in [1.807, 2.05) is 48.5 Å². The quantitative estimate of drug-likeness (QED) is 0.496. The molecule has 3 aromatic rings. The first kappa shape index (κ1) is 16.8. The van der Waals surface area contributed by atoms with E-state index in [-0.39, 0.29) is 0 Å². The molecule has 3 rings (SSSR count). The molecule has 26 heavy (non-hydrogen) atoms. The molecule has 0 spiro atoms. The highest BCUT2D eigenvalue weighted by molar-refractivity contribution is 5.75. The number of aldehydes is 1. The van der Waals surface area contributed by atoms with E-state index in [0.717, 1.165) is 23.0 Å². The lowest BCUT2D eigenvalue weighted by Crippen LogP contribution is -1.86. The minimum atomic E-state index is 0.550. The van der Waals surface area contributed by atoms with Gasteiger partial charge in [-0.1, -0.05) is 60.1 Å². The number of rotatable bonds is 1. The fourth-order valence-corrected chi connectivity index (χ4v) is 2.35. The molecule has 0 amide bonds. The van der Waals surface area contributed by atoms with E-state index in [0.29, 0.717) is 16.7 Å². The van der Waals surface area contributed by atoms with Gasteiger partial charge in [-0.05, 0) is 36.4 Å². The average molecular weight is 331 g/mol. The highest BCUT2D eigenvalue weighted by atomic mass is 16.1. The van der Waals surface area contributed by atoms with Crippen LogP contribution in [0.5, 0.6) is 0 Å². The maximum absolute atomic E-state index is 10.9. The van der Waals surface area contributed by atoms with Crippen LogP contribution in [0.1, 0.15) is 38.2 Å². The summed E-state index contributed by atoms with van der Waals surface area (Å²) in [4.78, 5) is 10.9. The summed E-state index contributed by atoms with van der Waals surface area (Å²) < 4.78 is 0. The fraction of sp³-hybridized carbons (Fsp3) is 0. The molecular weight excluding hydrogens is 318 g/mol. The molecule has 0 saturated carbocycles. The summed E-state index contributed by atoms with van der Waals surface area (Å²) in [6.07, 6.45) is 0.803. The molecule has 0 aliphatic rings. The Morgan fingerprint density at radius 3 is 1.77 bits per heavy atom. The van der Waals surface area contributed by atoms with Gasteiger partial charge in [0.15, 0.2) is 0 Å². The van der Waals surface area contributed by atoms with Crippen LogP contribution in [0.3, 0.4) is 0 Å². The highest BCUT2D eigenvalue weighted by Gasteiger charge is 1.98. The topological polar surface area (TPSA) is 40.9 Å². The lowest BCUT2D eigenvalue weighted by atomic mass is 10.1. The molecule has 120 valence electrons. The first-order valence-corrected chi connectivity index (χ1v) is 7.97. The third-order valence-electron chi connectivity index (χ3n) is 3.67. The summed E-state index contributed by atoms with van der Waals surface area (Å²) in [6.45, 7) is 0. The molecule has 0 aliphatic carbocycles. The predicted octanol–water partition coefficient (Wildman–Crippen LogP) is 4.17. The number of hydrogen-bond acceptors (Lipinski definition) is 2. The zero-order valence-electron chi connectivity index (χ0n) is 13.9. The predicted molar refractivity (Wildman–Crippen MR) is 101 cm³/mol. The molecule has 0 N–H and O–H groups in total. The van der Waals surface area contributed by atoms with Gasteiger partial charge in [0.2, 0.25) is 0 Å². The van der Waals surface area contributed by atoms with Crippen molar-refractivity contribution in [2.75, 3.05) is 0 Å². The first-order valence-electron chi connectivity index (χ1n) is 7.97. The van der Waals surface area contributed by atoms with Crippen LogP contribution in [-0.4, -0.2) is 6.29 Å². The monoisotopic (exact) mass is 331 g/mol. The van der Waals surface area contributed by atoms with E-state index in [2.05, 4.69) is 29.8 Å². The molecule has 0 atom stereocenters. The van der Waals surface area contributed by atoms with Crippen molar-refractivity contribution in [3.8, 4) is 29.8 Å². The molecule has 0 unspecified atom stereocenters. The number of nitriles is 1. The van der Waals surface area contributed by atoms with Crippen molar-refractivity contribution < 1.29 is 4.79 Å². The van der Waals surface area contributed by atoms with Crippen molar-refractivity contribution in [3.63, 3.8) is 0 Å². The van der Waals surface area contributed by atoms with Crippen molar-refractivity contribution in [1.29, 1.82) is 5.26 Å². The standard InChI is InChI=1S/C24H13NO/c25-17-24-11-4-3-10-23(24)15-14-22-9-2-1-8-21(22)13-12-19-6-5-7-20(16-19)18-26/h1-11,16,18H. The maximum Gasteiger partial charge on any atom is 0.150 e. The molecule has 0 fully saturated rings. The summed E-state index contributed by atoms with van der Waals surface area (Å²) in [5.41, 5.74) is 4.20. The van der Waals surface area contributed by atoms with Crippen molar-refractivity contribution in [1.82, 2.24) is 0 Å². The van der Waals surface area contributed by atoms with Crippen LogP contribution in [0.25, 0.3) is 0 Å². The molecule has 0 aliphatic heterocycles. The molecule has 0 saturated heterocycles. The number of carbonyl (C=O) groups is 1. The zero-order valence-corrected chi connectivity index (χ0v) is 13.9. The lowest BCUT2D eigenvalue weighted by Gasteiger charge is -1.97. The Bertz CT molecular complexity index is 1130. The normalized spacial score (nSPS) is 9.04. The summed E-state index contributed by atoms with van der Waals surface area (Å²) in [6, 6.07) is 24.1. The van der Waals surface area contributed by atoms with Gasteiger partial charge in [0.25, 0.3) is 0 Å². The molecule has 0 aromatic heterocycles. The smallest absolute Gasteiger partial charge is 0.150 e. The Labute approximate surface area is 152 Å². The number of nitrogens with zero attached hydrogens (tertiary/aromatic N) is 1. The van der Waals surface area contributed by atoms with Crippen LogP contribution >= 0.6 is 0 Å². The highest BCUT2D eigenvalue weighted by Crippen LogP contribution is 2.09.